The van der Waals surface area contributed by atoms with E-state index in [4.69, 9.17) is 9.15 Å². The van der Waals surface area contributed by atoms with Gasteiger partial charge in [-0.2, -0.15) is 4.98 Å². The maximum Gasteiger partial charge on any atom is 0.306 e. The molecule has 1 aliphatic heterocycles. The monoisotopic (exact) mass is 541 g/mol. The van der Waals surface area contributed by atoms with E-state index < -0.39 is 17.6 Å². The number of rotatable bonds is 8. The molecule has 1 saturated carbocycles. The van der Waals surface area contributed by atoms with Gasteiger partial charge in [-0.3, -0.25) is 9.59 Å². The van der Waals surface area contributed by atoms with E-state index in [1.807, 2.05) is 6.92 Å². The second-order valence-corrected chi connectivity index (χ2v) is 10.7. The number of aromatic nitrogens is 1. The van der Waals surface area contributed by atoms with E-state index in [1.165, 1.54) is 12.1 Å². The largest absolute Gasteiger partial charge is 0.481 e. The van der Waals surface area contributed by atoms with Gasteiger partial charge in [-0.25, -0.2) is 8.78 Å². The standard InChI is InChI=1S/C29H33F2N3O5/c1-16-3-8-20(30)14-24(16)33-29-32-23-12-7-19(26(31)27(23)39-29)13-25(35)34-17(2)4-9-21(34)15-38-22-10-5-18(6-11-22)28(36)37/h3,7-8,12,14,17-18,21-22H,4-6,9-11,13,15H2,1-2H3,(H,32,33)(H,36,37)/t17-,18-,21-,22-/m0/s1. The van der Waals surface area contributed by atoms with Crippen molar-refractivity contribution in [1.82, 2.24) is 9.88 Å². The van der Waals surface area contributed by atoms with E-state index in [-0.39, 0.29) is 53.6 Å². The van der Waals surface area contributed by atoms with Gasteiger partial charge in [-0.15, -0.1) is 0 Å². The van der Waals surface area contributed by atoms with E-state index >= 15 is 4.39 Å². The quantitative estimate of drug-likeness (QED) is 0.375. The summed E-state index contributed by atoms with van der Waals surface area (Å²) < 4.78 is 40.8. The van der Waals surface area contributed by atoms with Crippen LogP contribution in [0.3, 0.4) is 0 Å². The van der Waals surface area contributed by atoms with E-state index in [0.29, 0.717) is 43.5 Å². The van der Waals surface area contributed by atoms with Gasteiger partial charge in [0.1, 0.15) is 11.3 Å². The summed E-state index contributed by atoms with van der Waals surface area (Å²) in [6, 6.07) is 7.36. The van der Waals surface area contributed by atoms with E-state index in [9.17, 15) is 19.1 Å². The van der Waals surface area contributed by atoms with Gasteiger partial charge in [-0.1, -0.05) is 12.1 Å². The molecule has 8 nitrogen and oxygen atoms in total. The number of carboxylic acid groups (broad SMARTS) is 1. The molecule has 1 aliphatic carbocycles. The zero-order chi connectivity index (χ0) is 27.7. The summed E-state index contributed by atoms with van der Waals surface area (Å²) in [4.78, 5) is 30.6. The number of aliphatic carboxylic acids is 1. The second kappa shape index (κ2) is 11.3. The summed E-state index contributed by atoms with van der Waals surface area (Å²) in [6.45, 7) is 4.17. The zero-order valence-electron chi connectivity index (χ0n) is 22.1. The number of oxazole rings is 1. The number of carboxylic acids is 1. The van der Waals surface area contributed by atoms with Crippen molar-refractivity contribution < 1.29 is 32.6 Å². The van der Waals surface area contributed by atoms with E-state index in [0.717, 1.165) is 18.4 Å². The molecule has 0 spiro atoms. The van der Waals surface area contributed by atoms with Crippen LogP contribution < -0.4 is 5.32 Å². The molecule has 1 aromatic heterocycles. The van der Waals surface area contributed by atoms with Crippen molar-refractivity contribution >= 4 is 34.7 Å². The molecule has 5 rings (SSSR count). The van der Waals surface area contributed by atoms with Gasteiger partial charge < -0.3 is 24.5 Å². The molecule has 2 aromatic carbocycles. The first-order valence-electron chi connectivity index (χ1n) is 13.5. The molecule has 1 amide bonds. The Balaban J connectivity index is 1.24. The van der Waals surface area contributed by atoms with Gasteiger partial charge in [0, 0.05) is 17.3 Å². The first kappa shape index (κ1) is 27.1. The minimum absolute atomic E-state index is 0.00117. The van der Waals surface area contributed by atoms with Crippen LogP contribution in [-0.4, -0.2) is 51.7 Å². The van der Waals surface area contributed by atoms with Crippen LogP contribution in [0, 0.1) is 24.5 Å². The molecular formula is C29H33F2N3O5. The number of aryl methyl sites for hydroxylation is 1. The molecule has 2 heterocycles. The summed E-state index contributed by atoms with van der Waals surface area (Å²) in [5.41, 5.74) is 1.67. The third-order valence-electron chi connectivity index (χ3n) is 7.98. The summed E-state index contributed by atoms with van der Waals surface area (Å²) >= 11 is 0. The smallest absolute Gasteiger partial charge is 0.306 e. The fourth-order valence-corrected chi connectivity index (χ4v) is 5.70. The highest BCUT2D eigenvalue weighted by atomic mass is 19.1. The number of carbonyl (C=O) groups excluding carboxylic acids is 1. The number of nitrogens with one attached hydrogen (secondary N) is 1. The van der Waals surface area contributed by atoms with E-state index in [2.05, 4.69) is 10.3 Å². The minimum Gasteiger partial charge on any atom is -0.481 e. The summed E-state index contributed by atoms with van der Waals surface area (Å²) in [5, 5.41) is 12.1. The van der Waals surface area contributed by atoms with Crippen LogP contribution >= 0.6 is 0 Å². The average molecular weight is 542 g/mol. The number of nitrogens with zero attached hydrogens (tertiary/aromatic N) is 2. The lowest BCUT2D eigenvalue weighted by atomic mass is 9.87. The highest BCUT2D eigenvalue weighted by Crippen LogP contribution is 2.31. The highest BCUT2D eigenvalue weighted by molar-refractivity contribution is 5.83. The highest BCUT2D eigenvalue weighted by Gasteiger charge is 2.36. The normalized spacial score (nSPS) is 23.3. The lowest BCUT2D eigenvalue weighted by Gasteiger charge is -2.31. The Bertz CT molecular complexity index is 1370. The van der Waals surface area contributed by atoms with E-state index in [1.54, 1.807) is 30.0 Å². The molecule has 2 fully saturated rings. The Morgan fingerprint density at radius 3 is 2.64 bits per heavy atom. The number of benzene rings is 2. The lowest BCUT2D eigenvalue weighted by Crippen LogP contribution is -2.43. The van der Waals surface area contributed by atoms with Crippen molar-refractivity contribution in [3.05, 3.63) is 53.1 Å². The molecule has 10 heteroatoms. The number of hydrogen-bond donors (Lipinski definition) is 2. The number of carbonyl (C=O) groups is 2. The molecule has 1 saturated heterocycles. The van der Waals surface area contributed by atoms with Crippen molar-refractivity contribution in [3.63, 3.8) is 0 Å². The fourth-order valence-electron chi connectivity index (χ4n) is 5.70. The molecule has 2 N–H and O–H groups in total. The Labute approximate surface area is 225 Å². The predicted molar refractivity (Wildman–Crippen MR) is 141 cm³/mol. The first-order valence-corrected chi connectivity index (χ1v) is 13.5. The van der Waals surface area contributed by atoms with Crippen LogP contribution in [0.1, 0.15) is 56.6 Å². The third kappa shape index (κ3) is 5.90. The SMILES string of the molecule is Cc1ccc(F)cc1Nc1nc2ccc(CC(=O)N3[C@H](CO[C@H]4CC[C@H](C(=O)O)CC4)CC[C@@H]3C)c(F)c2o1. The molecule has 0 unspecified atom stereocenters. The number of fused-ring (bicyclic) bond motifs is 1. The molecule has 39 heavy (non-hydrogen) atoms. The van der Waals surface area contributed by atoms with Crippen LogP contribution in [0.5, 0.6) is 0 Å². The number of hydrogen-bond acceptors (Lipinski definition) is 6. The third-order valence-corrected chi connectivity index (χ3v) is 7.98. The van der Waals surface area contributed by atoms with Crippen LogP contribution in [0.15, 0.2) is 34.7 Å². The lowest BCUT2D eigenvalue weighted by molar-refractivity contribution is -0.144. The van der Waals surface area contributed by atoms with Crippen molar-refractivity contribution in [2.45, 2.75) is 77.0 Å². The second-order valence-electron chi connectivity index (χ2n) is 10.7. The van der Waals surface area contributed by atoms with Crippen molar-refractivity contribution in [2.75, 3.05) is 11.9 Å². The summed E-state index contributed by atoms with van der Waals surface area (Å²) in [6.07, 6.45) is 4.12. The van der Waals surface area contributed by atoms with Crippen LogP contribution in [0.4, 0.5) is 20.5 Å². The molecule has 2 atom stereocenters. The van der Waals surface area contributed by atoms with Gasteiger partial charge >= 0.3 is 5.97 Å². The number of halogens is 2. The fraction of sp³-hybridized carbons (Fsp3) is 0.483. The summed E-state index contributed by atoms with van der Waals surface area (Å²) in [5.74, 6) is -2.30. The molecule has 208 valence electrons. The number of ether oxygens (including phenoxy) is 1. The molecule has 0 bridgehead atoms. The Hall–Kier alpha value is -3.53. The molecular weight excluding hydrogens is 508 g/mol. The van der Waals surface area contributed by atoms with Gasteiger partial charge in [0.2, 0.25) is 5.91 Å². The Kier molecular flexibility index (Phi) is 7.83. The van der Waals surface area contributed by atoms with Crippen LogP contribution in [0.25, 0.3) is 11.1 Å². The zero-order valence-corrected chi connectivity index (χ0v) is 22.1. The number of amides is 1. The van der Waals surface area contributed by atoms with Crippen LogP contribution in [0.2, 0.25) is 0 Å². The number of anilines is 2. The number of likely N-dealkylation sites (tertiary alicyclic amines) is 1. The van der Waals surface area contributed by atoms with Crippen molar-refractivity contribution in [3.8, 4) is 0 Å². The van der Waals surface area contributed by atoms with Gasteiger partial charge in [-0.05, 0) is 76.1 Å². The maximum atomic E-state index is 15.4. The van der Waals surface area contributed by atoms with Crippen molar-refractivity contribution in [1.29, 1.82) is 0 Å². The van der Waals surface area contributed by atoms with Gasteiger partial charge in [0.05, 0.1) is 31.1 Å². The molecule has 3 aromatic rings. The molecule has 0 radical (unpaired) electrons. The Morgan fingerprint density at radius 2 is 1.90 bits per heavy atom. The average Bonchev–Trinajstić information content (AvgIpc) is 3.50. The van der Waals surface area contributed by atoms with Crippen molar-refractivity contribution in [2.24, 2.45) is 5.92 Å². The van der Waals surface area contributed by atoms with Crippen LogP contribution in [-0.2, 0) is 20.7 Å². The Morgan fingerprint density at radius 1 is 1.13 bits per heavy atom. The molecule has 2 aliphatic rings. The first-order chi connectivity index (χ1) is 18.7. The van der Waals surface area contributed by atoms with Gasteiger partial charge in [0.25, 0.3) is 6.01 Å². The predicted octanol–water partition coefficient (Wildman–Crippen LogP) is 5.74. The maximum absolute atomic E-state index is 15.4. The van der Waals surface area contributed by atoms with Gasteiger partial charge in [0.15, 0.2) is 11.4 Å². The minimum atomic E-state index is -0.750. The topological polar surface area (TPSA) is 105 Å². The summed E-state index contributed by atoms with van der Waals surface area (Å²) in [7, 11) is 0.